The Bertz CT molecular complexity index is 679. The van der Waals surface area contributed by atoms with E-state index in [1.807, 2.05) is 13.8 Å². The minimum atomic E-state index is -0.485. The lowest BCUT2D eigenvalue weighted by molar-refractivity contribution is -0.384. The lowest BCUT2D eigenvalue weighted by Crippen LogP contribution is -2.11. The molecular weight excluding hydrogens is 300 g/mol. The Kier molecular flexibility index (Phi) is 5.40. The maximum Gasteiger partial charge on any atom is 0.269 e. The second-order valence-electron chi connectivity index (χ2n) is 5.41. The van der Waals surface area contributed by atoms with Crippen LogP contribution in [0.3, 0.4) is 0 Å². The predicted octanol–water partition coefficient (Wildman–Crippen LogP) is 3.06. The van der Waals surface area contributed by atoms with Crippen molar-refractivity contribution in [3.05, 3.63) is 46.1 Å². The van der Waals surface area contributed by atoms with E-state index in [4.69, 9.17) is 4.52 Å². The number of aryl methyl sites for hydroxylation is 1. The Morgan fingerprint density at radius 2 is 2.04 bits per heavy atom. The van der Waals surface area contributed by atoms with E-state index in [1.54, 1.807) is 0 Å². The highest BCUT2D eigenvalue weighted by atomic mass is 16.6. The summed E-state index contributed by atoms with van der Waals surface area (Å²) < 4.78 is 5.10. The Morgan fingerprint density at radius 1 is 1.35 bits per heavy atom. The van der Waals surface area contributed by atoms with Gasteiger partial charge in [0.05, 0.1) is 4.92 Å². The number of carbonyl (C=O) groups is 1. The van der Waals surface area contributed by atoms with Crippen LogP contribution in [0, 0.1) is 10.1 Å². The predicted molar refractivity (Wildman–Crippen MR) is 83.1 cm³/mol. The minimum Gasteiger partial charge on any atom is -0.339 e. The molecule has 1 aromatic heterocycles. The molecule has 2 rings (SSSR count). The highest BCUT2D eigenvalue weighted by Gasteiger charge is 2.11. The van der Waals surface area contributed by atoms with E-state index in [2.05, 4.69) is 15.5 Å². The topological polar surface area (TPSA) is 111 Å². The summed E-state index contributed by atoms with van der Waals surface area (Å²) in [5, 5.41) is 17.1. The van der Waals surface area contributed by atoms with Crippen LogP contribution in [0.2, 0.25) is 0 Å². The molecule has 0 aliphatic rings. The number of anilines is 1. The van der Waals surface area contributed by atoms with Crippen LogP contribution >= 0.6 is 0 Å². The molecule has 0 aliphatic carbocycles. The molecule has 122 valence electrons. The number of amides is 1. The molecule has 1 amide bonds. The third-order valence-corrected chi connectivity index (χ3v) is 3.16. The first-order chi connectivity index (χ1) is 11.0. The largest absolute Gasteiger partial charge is 0.339 e. The molecule has 0 radical (unpaired) electrons. The number of nitro benzene ring substituents is 1. The molecule has 2 aromatic rings. The molecule has 0 aliphatic heterocycles. The highest BCUT2D eigenvalue weighted by Crippen LogP contribution is 2.16. The van der Waals surface area contributed by atoms with Gasteiger partial charge in [0.25, 0.3) is 5.69 Å². The van der Waals surface area contributed by atoms with Crippen molar-refractivity contribution in [2.75, 3.05) is 5.32 Å². The van der Waals surface area contributed by atoms with Crippen LogP contribution in [0.25, 0.3) is 0 Å². The number of benzene rings is 1. The first-order valence-corrected chi connectivity index (χ1v) is 7.32. The maximum absolute atomic E-state index is 11.8. The number of non-ortho nitro benzene ring substituents is 1. The summed E-state index contributed by atoms with van der Waals surface area (Å²) in [4.78, 5) is 26.1. The number of carbonyl (C=O) groups excluding carboxylic acids is 1. The third kappa shape index (κ3) is 4.87. The van der Waals surface area contributed by atoms with Crippen LogP contribution < -0.4 is 5.32 Å². The van der Waals surface area contributed by atoms with Crippen molar-refractivity contribution in [3.63, 3.8) is 0 Å². The van der Waals surface area contributed by atoms with Gasteiger partial charge in [-0.2, -0.15) is 4.98 Å². The van der Waals surface area contributed by atoms with E-state index in [0.29, 0.717) is 36.7 Å². The lowest BCUT2D eigenvalue weighted by Gasteiger charge is -2.04. The molecule has 0 atom stereocenters. The standard InChI is InChI=1S/C15H18N4O4/c1-10(2)15-17-14(23-18-15)5-3-4-13(20)16-11-6-8-12(9-7-11)19(21)22/h6-10H,3-5H2,1-2H3,(H,16,20). The smallest absolute Gasteiger partial charge is 0.269 e. The number of rotatable bonds is 7. The summed E-state index contributed by atoms with van der Waals surface area (Å²) >= 11 is 0. The van der Waals surface area contributed by atoms with Gasteiger partial charge in [0.15, 0.2) is 5.82 Å². The van der Waals surface area contributed by atoms with Crippen molar-refractivity contribution >= 4 is 17.3 Å². The molecular formula is C15H18N4O4. The van der Waals surface area contributed by atoms with Crippen LogP contribution in [0.5, 0.6) is 0 Å². The fourth-order valence-electron chi connectivity index (χ4n) is 1.89. The van der Waals surface area contributed by atoms with E-state index in [9.17, 15) is 14.9 Å². The highest BCUT2D eigenvalue weighted by molar-refractivity contribution is 5.90. The molecule has 0 saturated heterocycles. The third-order valence-electron chi connectivity index (χ3n) is 3.16. The van der Waals surface area contributed by atoms with E-state index >= 15 is 0 Å². The van der Waals surface area contributed by atoms with Gasteiger partial charge in [-0.1, -0.05) is 19.0 Å². The Labute approximate surface area is 133 Å². The average molecular weight is 318 g/mol. The number of hydrogen-bond acceptors (Lipinski definition) is 6. The van der Waals surface area contributed by atoms with Crippen LogP contribution in [-0.4, -0.2) is 21.0 Å². The summed E-state index contributed by atoms with van der Waals surface area (Å²) in [7, 11) is 0. The Hall–Kier alpha value is -2.77. The molecule has 1 heterocycles. The summed E-state index contributed by atoms with van der Waals surface area (Å²) in [6, 6.07) is 5.70. The van der Waals surface area contributed by atoms with E-state index < -0.39 is 4.92 Å². The zero-order valence-electron chi connectivity index (χ0n) is 13.0. The van der Waals surface area contributed by atoms with Crippen LogP contribution in [0.15, 0.2) is 28.8 Å². The number of nitrogens with one attached hydrogen (secondary N) is 1. The maximum atomic E-state index is 11.8. The van der Waals surface area contributed by atoms with Crippen LogP contribution in [0.1, 0.15) is 44.3 Å². The fourth-order valence-corrected chi connectivity index (χ4v) is 1.89. The van der Waals surface area contributed by atoms with Gasteiger partial charge in [-0.15, -0.1) is 0 Å². The quantitative estimate of drug-likeness (QED) is 0.620. The van der Waals surface area contributed by atoms with Crippen molar-refractivity contribution in [2.24, 2.45) is 0 Å². The number of nitro groups is 1. The van der Waals surface area contributed by atoms with E-state index in [0.717, 1.165) is 0 Å². The lowest BCUT2D eigenvalue weighted by atomic mass is 10.2. The van der Waals surface area contributed by atoms with Crippen LogP contribution in [-0.2, 0) is 11.2 Å². The van der Waals surface area contributed by atoms with Crippen molar-refractivity contribution < 1.29 is 14.2 Å². The van der Waals surface area contributed by atoms with Gasteiger partial charge in [-0.3, -0.25) is 14.9 Å². The summed E-state index contributed by atoms with van der Waals surface area (Å²) in [6.07, 6.45) is 1.42. The van der Waals surface area contributed by atoms with Gasteiger partial charge >= 0.3 is 0 Å². The number of nitrogens with zero attached hydrogens (tertiary/aromatic N) is 3. The Balaban J connectivity index is 1.77. The molecule has 0 spiro atoms. The SMILES string of the molecule is CC(C)c1noc(CCCC(=O)Nc2ccc([N+](=O)[O-])cc2)n1. The molecule has 8 nitrogen and oxygen atoms in total. The Morgan fingerprint density at radius 3 is 2.61 bits per heavy atom. The van der Waals surface area contributed by atoms with Crippen molar-refractivity contribution in [3.8, 4) is 0 Å². The average Bonchev–Trinajstić information content (AvgIpc) is 2.97. The first-order valence-electron chi connectivity index (χ1n) is 7.32. The summed E-state index contributed by atoms with van der Waals surface area (Å²) in [6.45, 7) is 3.96. The van der Waals surface area contributed by atoms with Crippen molar-refractivity contribution in [1.82, 2.24) is 10.1 Å². The molecule has 0 bridgehead atoms. The summed E-state index contributed by atoms with van der Waals surface area (Å²) in [5.74, 6) is 1.23. The van der Waals surface area contributed by atoms with Crippen LogP contribution in [0.4, 0.5) is 11.4 Å². The zero-order valence-corrected chi connectivity index (χ0v) is 13.0. The zero-order chi connectivity index (χ0) is 16.8. The fraction of sp³-hybridized carbons (Fsp3) is 0.400. The summed E-state index contributed by atoms with van der Waals surface area (Å²) in [5.41, 5.74) is 0.515. The second-order valence-corrected chi connectivity index (χ2v) is 5.41. The number of aromatic nitrogens is 2. The van der Waals surface area contributed by atoms with Gasteiger partial charge in [0, 0.05) is 36.6 Å². The normalized spacial score (nSPS) is 10.7. The van der Waals surface area contributed by atoms with Crippen molar-refractivity contribution in [2.45, 2.75) is 39.0 Å². The molecule has 0 fully saturated rings. The molecule has 0 saturated carbocycles. The van der Waals surface area contributed by atoms with Gasteiger partial charge in [-0.05, 0) is 18.6 Å². The number of hydrogen-bond donors (Lipinski definition) is 1. The minimum absolute atomic E-state index is 0.0136. The van der Waals surface area contributed by atoms with Crippen molar-refractivity contribution in [1.29, 1.82) is 0 Å². The molecule has 0 unspecified atom stereocenters. The molecule has 1 N–H and O–H groups in total. The van der Waals surface area contributed by atoms with Gasteiger partial charge < -0.3 is 9.84 Å². The molecule has 1 aromatic carbocycles. The van der Waals surface area contributed by atoms with Gasteiger partial charge in [-0.25, -0.2) is 0 Å². The van der Waals surface area contributed by atoms with Gasteiger partial charge in [0.1, 0.15) is 0 Å². The second kappa shape index (κ2) is 7.48. The monoisotopic (exact) mass is 318 g/mol. The first kappa shape index (κ1) is 16.6. The van der Waals surface area contributed by atoms with Gasteiger partial charge in [0.2, 0.25) is 11.8 Å². The molecule has 8 heteroatoms. The van der Waals surface area contributed by atoms with E-state index in [1.165, 1.54) is 24.3 Å². The molecule has 23 heavy (non-hydrogen) atoms. The van der Waals surface area contributed by atoms with E-state index in [-0.39, 0.29) is 17.5 Å².